The van der Waals surface area contributed by atoms with Gasteiger partial charge in [-0.2, -0.15) is 0 Å². The van der Waals surface area contributed by atoms with Crippen LogP contribution < -0.4 is 5.32 Å². The predicted octanol–water partition coefficient (Wildman–Crippen LogP) is 2.73. The molecule has 2 bridgehead atoms. The zero-order chi connectivity index (χ0) is 20.0. The van der Waals surface area contributed by atoms with Crippen molar-refractivity contribution in [2.24, 2.45) is 16.7 Å². The Hall–Kier alpha value is -2.77. The number of nitrogens with one attached hydrogen (secondary N) is 1. The van der Waals surface area contributed by atoms with Gasteiger partial charge in [-0.05, 0) is 24.3 Å². The van der Waals surface area contributed by atoms with Gasteiger partial charge in [-0.3, -0.25) is 29.4 Å². The van der Waals surface area contributed by atoms with Crippen molar-refractivity contribution >= 4 is 29.1 Å². The number of piperidine rings is 1. The Morgan fingerprint density at radius 2 is 1.96 bits per heavy atom. The second-order valence-corrected chi connectivity index (χ2v) is 8.01. The van der Waals surface area contributed by atoms with Gasteiger partial charge in [0.05, 0.1) is 10.3 Å². The van der Waals surface area contributed by atoms with Gasteiger partial charge in [0.2, 0.25) is 17.7 Å². The van der Waals surface area contributed by atoms with Crippen LogP contribution in [0.15, 0.2) is 24.3 Å². The minimum absolute atomic E-state index is 0.0215. The number of hydrogen-bond donors (Lipinski definition) is 1. The first-order valence-electron chi connectivity index (χ1n) is 8.98. The fraction of sp³-hybridized carbons (Fsp3) is 0.526. The van der Waals surface area contributed by atoms with E-state index < -0.39 is 21.7 Å². The Morgan fingerprint density at radius 1 is 1.30 bits per heavy atom. The summed E-state index contributed by atoms with van der Waals surface area (Å²) < 4.78 is 0. The maximum Gasteiger partial charge on any atom is 0.292 e. The van der Waals surface area contributed by atoms with E-state index in [0.717, 1.165) is 0 Å². The average molecular weight is 373 g/mol. The molecule has 1 aliphatic heterocycles. The van der Waals surface area contributed by atoms with E-state index in [1.54, 1.807) is 6.07 Å². The molecule has 1 heterocycles. The van der Waals surface area contributed by atoms with Gasteiger partial charge in [0.1, 0.15) is 5.69 Å². The van der Waals surface area contributed by atoms with Crippen LogP contribution in [0.4, 0.5) is 11.4 Å². The van der Waals surface area contributed by atoms with Crippen LogP contribution in [-0.2, 0) is 14.4 Å². The molecule has 1 saturated carbocycles. The molecule has 1 N–H and O–H groups in total. The summed E-state index contributed by atoms with van der Waals surface area (Å²) in [6.07, 6.45) is 1.23. The number of hydrogen-bond acceptors (Lipinski definition) is 5. The number of imide groups is 1. The summed E-state index contributed by atoms with van der Waals surface area (Å²) in [6, 6.07) is 5.84. The van der Waals surface area contributed by atoms with Crippen molar-refractivity contribution in [3.63, 3.8) is 0 Å². The molecular weight excluding hydrogens is 350 g/mol. The van der Waals surface area contributed by atoms with E-state index in [2.05, 4.69) is 5.32 Å². The number of nitro benzene ring substituents is 1. The second-order valence-electron chi connectivity index (χ2n) is 8.01. The summed E-state index contributed by atoms with van der Waals surface area (Å²) in [5.41, 5.74) is -1.12. The van der Waals surface area contributed by atoms with Gasteiger partial charge in [0.25, 0.3) is 5.69 Å². The lowest BCUT2D eigenvalue weighted by Gasteiger charge is -2.47. The van der Waals surface area contributed by atoms with E-state index in [0.29, 0.717) is 12.8 Å². The summed E-state index contributed by atoms with van der Waals surface area (Å²) in [6.45, 7) is 5.78. The van der Waals surface area contributed by atoms with Crippen molar-refractivity contribution < 1.29 is 19.3 Å². The van der Waals surface area contributed by atoms with Crippen LogP contribution in [0, 0.1) is 26.9 Å². The molecule has 3 rings (SSSR count). The van der Waals surface area contributed by atoms with Crippen molar-refractivity contribution in [3.8, 4) is 0 Å². The lowest BCUT2D eigenvalue weighted by atomic mass is 9.62. The number of para-hydroxylation sites is 2. The number of nitro groups is 1. The van der Waals surface area contributed by atoms with E-state index in [9.17, 15) is 24.5 Å². The lowest BCUT2D eigenvalue weighted by Crippen LogP contribution is -2.59. The number of likely N-dealkylation sites (tertiary alicyclic amines) is 1. The largest absolute Gasteiger partial charge is 0.320 e. The van der Waals surface area contributed by atoms with Gasteiger partial charge in [-0.25, -0.2) is 0 Å². The first-order chi connectivity index (χ1) is 12.6. The normalized spacial score (nSPS) is 26.2. The molecule has 2 aliphatic rings. The molecule has 1 aliphatic carbocycles. The summed E-state index contributed by atoms with van der Waals surface area (Å²) >= 11 is 0. The first-order valence-corrected chi connectivity index (χ1v) is 8.98. The molecule has 3 amide bonds. The fourth-order valence-corrected chi connectivity index (χ4v) is 4.28. The van der Waals surface area contributed by atoms with Crippen molar-refractivity contribution in [1.29, 1.82) is 0 Å². The Kier molecular flexibility index (Phi) is 4.53. The number of anilines is 1. The Bertz CT molecular complexity index is 834. The van der Waals surface area contributed by atoms with Crippen molar-refractivity contribution in [2.45, 2.75) is 40.0 Å². The highest BCUT2D eigenvalue weighted by atomic mass is 16.6. The van der Waals surface area contributed by atoms with Crippen molar-refractivity contribution in [2.75, 3.05) is 11.9 Å². The van der Waals surface area contributed by atoms with Crippen LogP contribution in [0.3, 0.4) is 0 Å². The molecule has 1 saturated heterocycles. The maximum absolute atomic E-state index is 12.9. The third-order valence-corrected chi connectivity index (χ3v) is 6.44. The average Bonchev–Trinajstić information content (AvgIpc) is 2.79. The molecule has 27 heavy (non-hydrogen) atoms. The Morgan fingerprint density at radius 3 is 2.63 bits per heavy atom. The standard InChI is InChI=1S/C19H23N3O5/c1-18(2)12-8-10-19(18,3)17(25)21(16(12)24)11-9-15(23)20-13-6-4-5-7-14(13)22(26)27/h4-7,12H,8-11H2,1-3H3,(H,20,23). The molecule has 8 nitrogen and oxygen atoms in total. The van der Waals surface area contributed by atoms with Crippen LogP contribution in [0.25, 0.3) is 0 Å². The van der Waals surface area contributed by atoms with Gasteiger partial charge in [-0.1, -0.05) is 32.9 Å². The Labute approximate surface area is 157 Å². The van der Waals surface area contributed by atoms with Gasteiger partial charge < -0.3 is 5.32 Å². The number of amides is 3. The molecule has 144 valence electrons. The highest BCUT2D eigenvalue weighted by molar-refractivity contribution is 6.04. The van der Waals surface area contributed by atoms with E-state index in [1.165, 1.54) is 23.1 Å². The highest BCUT2D eigenvalue weighted by Crippen LogP contribution is 2.60. The van der Waals surface area contributed by atoms with Crippen LogP contribution in [-0.4, -0.2) is 34.1 Å². The van der Waals surface area contributed by atoms with Crippen molar-refractivity contribution in [3.05, 3.63) is 34.4 Å². The topological polar surface area (TPSA) is 110 Å². The van der Waals surface area contributed by atoms with E-state index in [4.69, 9.17) is 0 Å². The van der Waals surface area contributed by atoms with Crippen LogP contribution in [0.1, 0.15) is 40.0 Å². The van der Waals surface area contributed by atoms with Crippen LogP contribution >= 0.6 is 0 Å². The quantitative estimate of drug-likeness (QED) is 0.485. The molecule has 2 atom stereocenters. The summed E-state index contributed by atoms with van der Waals surface area (Å²) in [4.78, 5) is 49.6. The third-order valence-electron chi connectivity index (χ3n) is 6.44. The minimum Gasteiger partial charge on any atom is -0.320 e. The smallest absolute Gasteiger partial charge is 0.292 e. The molecule has 0 aromatic heterocycles. The zero-order valence-electron chi connectivity index (χ0n) is 15.7. The molecule has 0 spiro atoms. The van der Waals surface area contributed by atoms with Gasteiger partial charge in [0, 0.05) is 24.9 Å². The molecule has 8 heteroatoms. The molecule has 2 fully saturated rings. The first kappa shape index (κ1) is 19.0. The third kappa shape index (κ3) is 2.89. The maximum atomic E-state index is 12.9. The monoisotopic (exact) mass is 373 g/mol. The molecular formula is C19H23N3O5. The van der Waals surface area contributed by atoms with Crippen LogP contribution in [0.2, 0.25) is 0 Å². The van der Waals surface area contributed by atoms with E-state index in [1.807, 2.05) is 20.8 Å². The van der Waals surface area contributed by atoms with Crippen molar-refractivity contribution in [1.82, 2.24) is 4.90 Å². The van der Waals surface area contributed by atoms with E-state index in [-0.39, 0.29) is 42.1 Å². The minimum atomic E-state index is -0.611. The van der Waals surface area contributed by atoms with Gasteiger partial charge in [0.15, 0.2) is 0 Å². The second kappa shape index (κ2) is 6.44. The van der Waals surface area contributed by atoms with Crippen LogP contribution in [0.5, 0.6) is 0 Å². The zero-order valence-corrected chi connectivity index (χ0v) is 15.7. The predicted molar refractivity (Wildman–Crippen MR) is 97.7 cm³/mol. The van der Waals surface area contributed by atoms with E-state index >= 15 is 0 Å². The van der Waals surface area contributed by atoms with Gasteiger partial charge in [-0.15, -0.1) is 0 Å². The summed E-state index contributed by atoms with van der Waals surface area (Å²) in [7, 11) is 0. The summed E-state index contributed by atoms with van der Waals surface area (Å²) in [5.74, 6) is -1.16. The number of rotatable bonds is 5. The fourth-order valence-electron chi connectivity index (χ4n) is 4.28. The molecule has 1 aromatic carbocycles. The highest BCUT2D eigenvalue weighted by Gasteiger charge is 2.64. The number of nitrogens with zero attached hydrogens (tertiary/aromatic N) is 2. The molecule has 2 unspecified atom stereocenters. The Balaban J connectivity index is 1.69. The number of carbonyl (C=O) groups is 3. The number of carbonyl (C=O) groups excluding carboxylic acids is 3. The van der Waals surface area contributed by atoms with Gasteiger partial charge >= 0.3 is 0 Å². The molecule has 1 aromatic rings. The number of fused-ring (bicyclic) bond motifs is 2. The summed E-state index contributed by atoms with van der Waals surface area (Å²) in [5, 5.41) is 13.5. The number of benzene rings is 1. The SMILES string of the molecule is CC12CCC(C(=O)N(CCC(=O)Nc3ccccc3[N+](=O)[O-])C1=O)C2(C)C. The lowest BCUT2D eigenvalue weighted by molar-refractivity contribution is -0.383. The molecule has 0 radical (unpaired) electrons.